The van der Waals surface area contributed by atoms with Gasteiger partial charge in [-0.25, -0.2) is 0 Å². The molecule has 1 aliphatic heterocycles. The van der Waals surface area contributed by atoms with E-state index >= 15 is 0 Å². The fourth-order valence-corrected chi connectivity index (χ4v) is 3.51. The molecule has 0 radical (unpaired) electrons. The van der Waals surface area contributed by atoms with Crippen molar-refractivity contribution in [3.05, 3.63) is 38.8 Å². The van der Waals surface area contributed by atoms with Gasteiger partial charge in [0.25, 0.3) is 5.91 Å². The van der Waals surface area contributed by atoms with Gasteiger partial charge in [-0.1, -0.05) is 34.5 Å². The van der Waals surface area contributed by atoms with Crippen LogP contribution in [0.1, 0.15) is 28.2 Å². The molecule has 1 aliphatic rings. The largest absolute Gasteiger partial charge is 0.327 e. The standard InChI is InChI=1S/C15H14Cl2N4O2S/c1-8-19-20-15(24-8)18-13(22)12-3-2-6-21(12)14(23)9-4-5-10(16)11(17)7-9/h4-5,7,12H,2-3,6H2,1H3,(H,18,20,22). The molecule has 1 aromatic heterocycles. The maximum Gasteiger partial charge on any atom is 0.254 e. The Morgan fingerprint density at radius 2 is 2.08 bits per heavy atom. The van der Waals surface area contributed by atoms with Crippen molar-refractivity contribution >= 4 is 51.5 Å². The first kappa shape index (κ1) is 17.1. The van der Waals surface area contributed by atoms with Gasteiger partial charge in [0.2, 0.25) is 11.0 Å². The van der Waals surface area contributed by atoms with Crippen LogP contribution in [0, 0.1) is 6.92 Å². The highest BCUT2D eigenvalue weighted by Gasteiger charge is 2.35. The molecule has 0 aliphatic carbocycles. The predicted octanol–water partition coefficient (Wildman–Crippen LogP) is 3.40. The van der Waals surface area contributed by atoms with Crippen molar-refractivity contribution in [2.24, 2.45) is 0 Å². The lowest BCUT2D eigenvalue weighted by Crippen LogP contribution is -2.43. The summed E-state index contributed by atoms with van der Waals surface area (Å²) in [6.07, 6.45) is 1.37. The molecular weight excluding hydrogens is 371 g/mol. The molecule has 6 nitrogen and oxygen atoms in total. The molecule has 1 saturated heterocycles. The van der Waals surface area contributed by atoms with Crippen molar-refractivity contribution in [1.82, 2.24) is 15.1 Å². The molecule has 126 valence electrons. The summed E-state index contributed by atoms with van der Waals surface area (Å²) in [7, 11) is 0. The fraction of sp³-hybridized carbons (Fsp3) is 0.333. The van der Waals surface area contributed by atoms with Gasteiger partial charge in [0.15, 0.2) is 0 Å². The zero-order valence-corrected chi connectivity index (χ0v) is 15.1. The van der Waals surface area contributed by atoms with Crippen molar-refractivity contribution in [1.29, 1.82) is 0 Å². The average molecular weight is 385 g/mol. The number of aromatic nitrogens is 2. The number of anilines is 1. The van der Waals surface area contributed by atoms with E-state index < -0.39 is 6.04 Å². The van der Waals surface area contributed by atoms with E-state index in [1.165, 1.54) is 17.4 Å². The fourth-order valence-electron chi connectivity index (χ4n) is 2.61. The third kappa shape index (κ3) is 3.53. The van der Waals surface area contributed by atoms with Gasteiger partial charge in [-0.05, 0) is 38.0 Å². The van der Waals surface area contributed by atoms with Crippen molar-refractivity contribution in [2.45, 2.75) is 25.8 Å². The summed E-state index contributed by atoms with van der Waals surface area (Å²) < 4.78 is 0. The zero-order chi connectivity index (χ0) is 17.3. The summed E-state index contributed by atoms with van der Waals surface area (Å²) in [6, 6.07) is 4.17. The van der Waals surface area contributed by atoms with E-state index in [-0.39, 0.29) is 11.8 Å². The van der Waals surface area contributed by atoms with Gasteiger partial charge in [0, 0.05) is 12.1 Å². The minimum absolute atomic E-state index is 0.236. The molecule has 2 heterocycles. The number of likely N-dealkylation sites (tertiary alicyclic amines) is 1. The third-order valence-electron chi connectivity index (χ3n) is 3.74. The van der Waals surface area contributed by atoms with Gasteiger partial charge < -0.3 is 4.90 Å². The minimum atomic E-state index is -0.531. The summed E-state index contributed by atoms with van der Waals surface area (Å²) in [5.74, 6) is -0.489. The summed E-state index contributed by atoms with van der Waals surface area (Å²) in [6.45, 7) is 2.33. The highest BCUT2D eigenvalue weighted by atomic mass is 35.5. The summed E-state index contributed by atoms with van der Waals surface area (Å²) in [5, 5.41) is 12.4. The molecule has 1 N–H and O–H groups in total. The molecule has 1 unspecified atom stereocenters. The van der Waals surface area contributed by atoms with Crippen LogP contribution in [0.2, 0.25) is 10.0 Å². The second-order valence-corrected chi connectivity index (χ2v) is 7.40. The van der Waals surface area contributed by atoms with Crippen LogP contribution in [-0.4, -0.2) is 39.5 Å². The van der Waals surface area contributed by atoms with Crippen LogP contribution in [0.3, 0.4) is 0 Å². The van der Waals surface area contributed by atoms with Crippen molar-refractivity contribution < 1.29 is 9.59 Å². The zero-order valence-electron chi connectivity index (χ0n) is 12.8. The topological polar surface area (TPSA) is 75.2 Å². The molecule has 0 bridgehead atoms. The van der Waals surface area contributed by atoms with E-state index in [0.717, 1.165) is 11.4 Å². The van der Waals surface area contributed by atoms with Gasteiger partial charge in [0.1, 0.15) is 11.0 Å². The molecule has 1 atom stereocenters. The summed E-state index contributed by atoms with van der Waals surface area (Å²) >= 11 is 13.2. The smallest absolute Gasteiger partial charge is 0.254 e. The van der Waals surface area contributed by atoms with Crippen LogP contribution in [0.4, 0.5) is 5.13 Å². The Morgan fingerprint density at radius 1 is 1.29 bits per heavy atom. The summed E-state index contributed by atoms with van der Waals surface area (Å²) in [4.78, 5) is 26.7. The number of nitrogens with one attached hydrogen (secondary N) is 1. The number of amides is 2. The van der Waals surface area contributed by atoms with Gasteiger partial charge in [-0.15, -0.1) is 10.2 Å². The van der Waals surface area contributed by atoms with E-state index in [9.17, 15) is 9.59 Å². The second-order valence-electron chi connectivity index (χ2n) is 5.40. The quantitative estimate of drug-likeness (QED) is 0.879. The second kappa shape index (κ2) is 7.04. The van der Waals surface area contributed by atoms with Crippen LogP contribution in [-0.2, 0) is 4.79 Å². The van der Waals surface area contributed by atoms with Gasteiger partial charge in [-0.2, -0.15) is 0 Å². The molecule has 1 fully saturated rings. The van der Waals surface area contributed by atoms with Crippen molar-refractivity contribution in [3.63, 3.8) is 0 Å². The number of rotatable bonds is 3. The molecule has 9 heteroatoms. The van der Waals surface area contributed by atoms with Crippen LogP contribution in [0.15, 0.2) is 18.2 Å². The van der Waals surface area contributed by atoms with E-state index in [1.54, 1.807) is 17.0 Å². The van der Waals surface area contributed by atoms with Crippen LogP contribution < -0.4 is 5.32 Å². The first-order valence-corrected chi connectivity index (χ1v) is 8.90. The molecule has 1 aromatic carbocycles. The van der Waals surface area contributed by atoms with E-state index in [2.05, 4.69) is 15.5 Å². The first-order valence-electron chi connectivity index (χ1n) is 7.32. The molecule has 24 heavy (non-hydrogen) atoms. The van der Waals surface area contributed by atoms with Crippen LogP contribution in [0.25, 0.3) is 0 Å². The Balaban J connectivity index is 1.75. The van der Waals surface area contributed by atoms with E-state index in [1.807, 2.05) is 6.92 Å². The Labute approximate surface area is 152 Å². The molecule has 0 saturated carbocycles. The Hall–Kier alpha value is -1.70. The number of carbonyl (C=O) groups excluding carboxylic acids is 2. The van der Waals surface area contributed by atoms with E-state index in [0.29, 0.717) is 33.7 Å². The number of carbonyl (C=O) groups is 2. The highest BCUT2D eigenvalue weighted by Crippen LogP contribution is 2.26. The number of halogens is 2. The number of hydrogen-bond donors (Lipinski definition) is 1. The van der Waals surface area contributed by atoms with Crippen LogP contribution in [0.5, 0.6) is 0 Å². The number of hydrogen-bond acceptors (Lipinski definition) is 5. The highest BCUT2D eigenvalue weighted by molar-refractivity contribution is 7.15. The Bertz CT molecular complexity index is 796. The number of aryl methyl sites for hydroxylation is 1. The van der Waals surface area contributed by atoms with Crippen LogP contribution >= 0.6 is 34.5 Å². The lowest BCUT2D eigenvalue weighted by molar-refractivity contribution is -0.119. The lowest BCUT2D eigenvalue weighted by atomic mass is 10.1. The maximum absolute atomic E-state index is 12.7. The number of benzene rings is 1. The molecule has 0 spiro atoms. The van der Waals surface area contributed by atoms with Gasteiger partial charge >= 0.3 is 0 Å². The predicted molar refractivity (Wildman–Crippen MR) is 93.8 cm³/mol. The Morgan fingerprint density at radius 3 is 2.75 bits per heavy atom. The van der Waals surface area contributed by atoms with Gasteiger partial charge in [0.05, 0.1) is 10.0 Å². The average Bonchev–Trinajstić information content (AvgIpc) is 3.18. The molecular formula is C15H14Cl2N4O2S. The van der Waals surface area contributed by atoms with Crippen molar-refractivity contribution in [2.75, 3.05) is 11.9 Å². The molecule has 2 amide bonds. The Kier molecular flexibility index (Phi) is 5.03. The monoisotopic (exact) mass is 384 g/mol. The summed E-state index contributed by atoms with van der Waals surface area (Å²) in [5.41, 5.74) is 0.413. The SMILES string of the molecule is Cc1nnc(NC(=O)C2CCCN2C(=O)c2ccc(Cl)c(Cl)c2)s1. The normalized spacial score (nSPS) is 17.1. The van der Waals surface area contributed by atoms with Crippen molar-refractivity contribution in [3.8, 4) is 0 Å². The third-order valence-corrected chi connectivity index (χ3v) is 5.23. The first-order chi connectivity index (χ1) is 11.5. The molecule has 2 aromatic rings. The number of nitrogens with zero attached hydrogens (tertiary/aromatic N) is 3. The molecule has 3 rings (SSSR count). The maximum atomic E-state index is 12.7. The lowest BCUT2D eigenvalue weighted by Gasteiger charge is -2.23. The van der Waals surface area contributed by atoms with E-state index in [4.69, 9.17) is 23.2 Å². The van der Waals surface area contributed by atoms with Gasteiger partial charge in [-0.3, -0.25) is 14.9 Å². The minimum Gasteiger partial charge on any atom is -0.327 e.